The largest absolute Gasteiger partial charge is 0.460 e. The van der Waals surface area contributed by atoms with Crippen LogP contribution in [0.5, 0.6) is 0 Å². The van der Waals surface area contributed by atoms with Gasteiger partial charge >= 0.3 is 5.97 Å². The molecule has 6 heteroatoms. The van der Waals surface area contributed by atoms with Crippen molar-refractivity contribution in [2.75, 3.05) is 18.5 Å². The molecule has 0 saturated carbocycles. The fraction of sp³-hybridized carbons (Fsp3) is 0.308. The summed E-state index contributed by atoms with van der Waals surface area (Å²) in [5.41, 5.74) is 1.02. The van der Waals surface area contributed by atoms with Crippen molar-refractivity contribution in [3.8, 4) is 0 Å². The number of carbonyl (C=O) groups is 1. The van der Waals surface area contributed by atoms with Crippen molar-refractivity contribution < 1.29 is 14.1 Å². The van der Waals surface area contributed by atoms with Gasteiger partial charge in [-0.15, -0.1) is 0 Å². The fourth-order valence-corrected chi connectivity index (χ4v) is 1.50. The molecule has 1 aromatic carbocycles. The van der Waals surface area contributed by atoms with E-state index in [4.69, 9.17) is 9.26 Å². The Bertz CT molecular complexity index is 525. The molecule has 6 nitrogen and oxygen atoms in total. The Morgan fingerprint density at radius 2 is 2.16 bits per heavy atom. The van der Waals surface area contributed by atoms with Crippen molar-refractivity contribution in [2.24, 2.45) is 0 Å². The van der Waals surface area contributed by atoms with Crippen LogP contribution in [-0.4, -0.2) is 29.3 Å². The van der Waals surface area contributed by atoms with Crippen molar-refractivity contribution in [1.29, 1.82) is 0 Å². The van der Waals surface area contributed by atoms with Gasteiger partial charge in [0.1, 0.15) is 0 Å². The minimum absolute atomic E-state index is 0.0310. The van der Waals surface area contributed by atoms with Gasteiger partial charge in [0.25, 0.3) is 5.82 Å². The Balaban J connectivity index is 1.82. The first-order chi connectivity index (χ1) is 9.29. The summed E-state index contributed by atoms with van der Waals surface area (Å²) in [6.45, 7) is 2.66. The van der Waals surface area contributed by atoms with Gasteiger partial charge in [-0.05, 0) is 24.2 Å². The molecule has 0 unspecified atom stereocenters. The highest BCUT2D eigenvalue weighted by Crippen LogP contribution is 2.05. The molecular formula is C13H15N3O3. The standard InChI is InChI=1S/C13H15N3O3/c1-2-18-13(17)12-15-11(19-16-12)8-9-14-10-6-4-3-5-7-10/h3-7,14H,2,8-9H2,1H3. The number of aromatic nitrogens is 2. The maximum atomic E-state index is 11.3. The first-order valence-electron chi connectivity index (χ1n) is 6.08. The number of esters is 1. The monoisotopic (exact) mass is 261 g/mol. The van der Waals surface area contributed by atoms with Crippen LogP contribution in [0, 0.1) is 0 Å². The number of rotatable bonds is 6. The van der Waals surface area contributed by atoms with E-state index < -0.39 is 5.97 Å². The number of nitrogens with zero attached hydrogens (tertiary/aromatic N) is 2. The number of carbonyl (C=O) groups excluding carboxylic acids is 1. The number of para-hydroxylation sites is 1. The zero-order valence-corrected chi connectivity index (χ0v) is 10.6. The highest BCUT2D eigenvalue weighted by atomic mass is 16.5. The van der Waals surface area contributed by atoms with Gasteiger partial charge in [0.15, 0.2) is 0 Å². The van der Waals surface area contributed by atoms with Crippen LogP contribution in [0.1, 0.15) is 23.4 Å². The van der Waals surface area contributed by atoms with E-state index in [0.29, 0.717) is 18.9 Å². The molecule has 2 aromatic rings. The van der Waals surface area contributed by atoms with Crippen LogP contribution in [0.3, 0.4) is 0 Å². The molecule has 0 aliphatic heterocycles. The van der Waals surface area contributed by atoms with Crippen molar-refractivity contribution in [3.05, 3.63) is 42.0 Å². The summed E-state index contributed by atoms with van der Waals surface area (Å²) in [6.07, 6.45) is 0.543. The number of benzene rings is 1. The van der Waals surface area contributed by atoms with E-state index in [9.17, 15) is 4.79 Å². The van der Waals surface area contributed by atoms with Gasteiger partial charge in [-0.25, -0.2) is 4.79 Å². The Labute approximate surface area is 110 Å². The average molecular weight is 261 g/mol. The van der Waals surface area contributed by atoms with E-state index >= 15 is 0 Å². The van der Waals surface area contributed by atoms with Crippen LogP contribution in [-0.2, 0) is 11.2 Å². The summed E-state index contributed by atoms with van der Waals surface area (Å²) in [4.78, 5) is 15.3. The summed E-state index contributed by atoms with van der Waals surface area (Å²) in [6, 6.07) is 9.80. The van der Waals surface area contributed by atoms with E-state index in [1.807, 2.05) is 30.3 Å². The summed E-state index contributed by atoms with van der Waals surface area (Å²) < 4.78 is 9.74. The second-order valence-corrected chi connectivity index (χ2v) is 3.77. The third-order valence-corrected chi connectivity index (χ3v) is 2.37. The molecular weight excluding hydrogens is 246 g/mol. The zero-order chi connectivity index (χ0) is 13.5. The molecule has 2 rings (SSSR count). The van der Waals surface area contributed by atoms with Gasteiger partial charge in [0, 0.05) is 18.7 Å². The lowest BCUT2D eigenvalue weighted by atomic mass is 10.3. The molecule has 0 spiro atoms. The maximum absolute atomic E-state index is 11.3. The first kappa shape index (κ1) is 13.1. The second-order valence-electron chi connectivity index (χ2n) is 3.77. The van der Waals surface area contributed by atoms with E-state index in [0.717, 1.165) is 5.69 Å². The third kappa shape index (κ3) is 3.80. The van der Waals surface area contributed by atoms with Gasteiger partial charge in [0.2, 0.25) is 5.89 Å². The van der Waals surface area contributed by atoms with E-state index in [-0.39, 0.29) is 12.4 Å². The SMILES string of the molecule is CCOC(=O)c1noc(CCNc2ccccc2)n1. The van der Waals surface area contributed by atoms with Crippen LogP contribution >= 0.6 is 0 Å². The molecule has 1 aromatic heterocycles. The topological polar surface area (TPSA) is 77.2 Å². The minimum Gasteiger partial charge on any atom is -0.460 e. The fourth-order valence-electron chi connectivity index (χ4n) is 1.50. The van der Waals surface area contributed by atoms with Crippen LogP contribution < -0.4 is 5.32 Å². The summed E-state index contributed by atoms with van der Waals surface area (Å²) >= 11 is 0. The lowest BCUT2D eigenvalue weighted by Crippen LogP contribution is -2.08. The quantitative estimate of drug-likeness (QED) is 0.800. The Hall–Kier alpha value is -2.37. The number of hydrogen-bond acceptors (Lipinski definition) is 6. The molecule has 0 radical (unpaired) electrons. The normalized spacial score (nSPS) is 10.2. The van der Waals surface area contributed by atoms with E-state index in [1.54, 1.807) is 6.92 Å². The molecule has 0 bridgehead atoms. The highest BCUT2D eigenvalue weighted by molar-refractivity contribution is 5.84. The molecule has 1 heterocycles. The van der Waals surface area contributed by atoms with Gasteiger partial charge < -0.3 is 14.6 Å². The molecule has 0 amide bonds. The second kappa shape index (κ2) is 6.53. The van der Waals surface area contributed by atoms with Crippen molar-refractivity contribution in [1.82, 2.24) is 10.1 Å². The molecule has 19 heavy (non-hydrogen) atoms. The maximum Gasteiger partial charge on any atom is 0.379 e. The van der Waals surface area contributed by atoms with Crippen LogP contribution in [0.4, 0.5) is 5.69 Å². The molecule has 0 aliphatic rings. The molecule has 0 fully saturated rings. The molecule has 0 atom stereocenters. The molecule has 1 N–H and O–H groups in total. The van der Waals surface area contributed by atoms with Crippen LogP contribution in [0.25, 0.3) is 0 Å². The smallest absolute Gasteiger partial charge is 0.379 e. The van der Waals surface area contributed by atoms with Gasteiger partial charge in [-0.1, -0.05) is 18.2 Å². The van der Waals surface area contributed by atoms with Crippen molar-refractivity contribution in [3.63, 3.8) is 0 Å². The number of hydrogen-bond donors (Lipinski definition) is 1. The average Bonchev–Trinajstić information content (AvgIpc) is 2.89. The summed E-state index contributed by atoms with van der Waals surface area (Å²) in [5.74, 6) is -0.184. The van der Waals surface area contributed by atoms with Crippen molar-refractivity contribution >= 4 is 11.7 Å². The Kier molecular flexibility index (Phi) is 4.49. The Morgan fingerprint density at radius 3 is 2.89 bits per heavy atom. The van der Waals surface area contributed by atoms with E-state index in [1.165, 1.54) is 0 Å². The highest BCUT2D eigenvalue weighted by Gasteiger charge is 2.14. The lowest BCUT2D eigenvalue weighted by molar-refractivity contribution is 0.0508. The predicted octanol–water partition coefficient (Wildman–Crippen LogP) is 1.90. The number of ether oxygens (including phenoxy) is 1. The lowest BCUT2D eigenvalue weighted by Gasteiger charge is -2.02. The minimum atomic E-state index is -0.562. The summed E-state index contributed by atoms with van der Waals surface area (Å²) in [5, 5.41) is 6.78. The van der Waals surface area contributed by atoms with Gasteiger partial charge in [0.05, 0.1) is 6.61 Å². The molecule has 100 valence electrons. The van der Waals surface area contributed by atoms with Gasteiger partial charge in [-0.2, -0.15) is 4.98 Å². The van der Waals surface area contributed by atoms with Crippen LogP contribution in [0.2, 0.25) is 0 Å². The van der Waals surface area contributed by atoms with Crippen molar-refractivity contribution in [2.45, 2.75) is 13.3 Å². The number of nitrogens with one attached hydrogen (secondary N) is 1. The van der Waals surface area contributed by atoms with Gasteiger partial charge in [-0.3, -0.25) is 0 Å². The summed E-state index contributed by atoms with van der Waals surface area (Å²) in [7, 11) is 0. The zero-order valence-electron chi connectivity index (χ0n) is 10.6. The first-order valence-corrected chi connectivity index (χ1v) is 6.08. The molecule has 0 aliphatic carbocycles. The predicted molar refractivity (Wildman–Crippen MR) is 68.9 cm³/mol. The molecule has 0 saturated heterocycles. The van der Waals surface area contributed by atoms with E-state index in [2.05, 4.69) is 15.5 Å². The number of anilines is 1. The van der Waals surface area contributed by atoms with Crippen LogP contribution in [0.15, 0.2) is 34.9 Å². The third-order valence-electron chi connectivity index (χ3n) is 2.37. The Morgan fingerprint density at radius 1 is 1.37 bits per heavy atom.